The molecular formula is C33H47NO2PSi+. The average Bonchev–Trinajstić information content (AvgIpc) is 2.91. The smallest absolute Gasteiger partial charge is 0.225 e. The van der Waals surface area contributed by atoms with Crippen molar-refractivity contribution in [3.63, 3.8) is 0 Å². The van der Waals surface area contributed by atoms with Crippen molar-refractivity contribution in [3.8, 4) is 0 Å². The van der Waals surface area contributed by atoms with Gasteiger partial charge in [-0.05, 0) is 61.0 Å². The molecule has 1 N–H and O–H groups in total. The van der Waals surface area contributed by atoms with Crippen LogP contribution >= 0.6 is 7.26 Å². The Morgan fingerprint density at radius 3 is 1.63 bits per heavy atom. The van der Waals surface area contributed by atoms with Crippen LogP contribution in [0.15, 0.2) is 91.0 Å². The lowest BCUT2D eigenvalue weighted by molar-refractivity contribution is -0.127. The van der Waals surface area contributed by atoms with Crippen LogP contribution in [0.2, 0.25) is 18.1 Å². The van der Waals surface area contributed by atoms with Crippen LogP contribution in [0.5, 0.6) is 0 Å². The van der Waals surface area contributed by atoms with Crippen LogP contribution in [0.3, 0.4) is 0 Å². The van der Waals surface area contributed by atoms with Gasteiger partial charge in [0.1, 0.15) is 23.2 Å². The summed E-state index contributed by atoms with van der Waals surface area (Å²) < 4.78 is 6.77. The first-order valence-corrected chi connectivity index (χ1v) is 18.9. The summed E-state index contributed by atoms with van der Waals surface area (Å²) in [6, 6.07) is 32.5. The summed E-state index contributed by atoms with van der Waals surface area (Å²) in [5.74, 6) is -0.101. The normalized spacial score (nSPS) is 14.1. The Balaban J connectivity index is 1.87. The lowest BCUT2D eigenvalue weighted by Gasteiger charge is -2.40. The minimum Gasteiger partial charge on any atom is -0.413 e. The molecule has 0 spiro atoms. The van der Waals surface area contributed by atoms with Gasteiger partial charge in [-0.2, -0.15) is 0 Å². The number of benzene rings is 3. The first-order valence-electron chi connectivity index (χ1n) is 14.0. The predicted molar refractivity (Wildman–Crippen MR) is 169 cm³/mol. The third-order valence-electron chi connectivity index (χ3n) is 8.13. The molecule has 2 atom stereocenters. The number of rotatable bonds is 12. The van der Waals surface area contributed by atoms with Gasteiger partial charge in [0.05, 0.1) is 24.7 Å². The van der Waals surface area contributed by atoms with Crippen molar-refractivity contribution in [1.29, 1.82) is 0 Å². The van der Waals surface area contributed by atoms with Gasteiger partial charge >= 0.3 is 0 Å². The molecule has 0 saturated heterocycles. The number of carbonyl (C=O) groups excluding carboxylic acids is 1. The highest BCUT2D eigenvalue weighted by Gasteiger charge is 2.45. The van der Waals surface area contributed by atoms with Gasteiger partial charge in [0, 0.05) is 0 Å². The van der Waals surface area contributed by atoms with Gasteiger partial charge in [0.25, 0.3) is 0 Å². The lowest BCUT2D eigenvalue weighted by atomic mass is 10.00. The van der Waals surface area contributed by atoms with Crippen molar-refractivity contribution in [2.24, 2.45) is 5.92 Å². The fourth-order valence-electron chi connectivity index (χ4n) is 4.81. The first kappa shape index (κ1) is 30.3. The molecule has 0 radical (unpaired) electrons. The van der Waals surface area contributed by atoms with Crippen LogP contribution in [0.4, 0.5) is 0 Å². The predicted octanol–water partition coefficient (Wildman–Crippen LogP) is 6.92. The van der Waals surface area contributed by atoms with Gasteiger partial charge in [-0.1, -0.05) is 95.6 Å². The molecule has 38 heavy (non-hydrogen) atoms. The number of hydrogen-bond acceptors (Lipinski definition) is 2. The van der Waals surface area contributed by atoms with Crippen LogP contribution in [-0.2, 0) is 9.22 Å². The average molecular weight is 549 g/mol. The maximum absolute atomic E-state index is 13.5. The number of carbonyl (C=O) groups is 1. The highest BCUT2D eigenvalue weighted by atomic mass is 31.2. The van der Waals surface area contributed by atoms with Gasteiger partial charge in [0.2, 0.25) is 5.91 Å². The van der Waals surface area contributed by atoms with Gasteiger partial charge in [-0.3, -0.25) is 4.79 Å². The standard InChI is InChI=1S/C33H46NO2PSi/c1-8-18-31(36-38(6,7)33(3,4)5)27(2)32(35)34-25-26-37(28-19-12-9-13-20-28,29-21-14-10-15-22-29)30-23-16-11-17-24-30/h9-17,19-24,27,31H,8,18,25-26H2,1-7H3/p+1/t27-,31+/m1/s1. The molecule has 204 valence electrons. The number of hydrogen-bond donors (Lipinski definition) is 1. The molecule has 0 aliphatic carbocycles. The number of amides is 1. The minimum atomic E-state index is -1.98. The monoisotopic (exact) mass is 548 g/mol. The quantitative estimate of drug-likeness (QED) is 0.197. The molecule has 3 aromatic carbocycles. The fourth-order valence-corrected chi connectivity index (χ4v) is 10.4. The Morgan fingerprint density at radius 1 is 0.842 bits per heavy atom. The molecule has 3 nitrogen and oxygen atoms in total. The summed E-state index contributed by atoms with van der Waals surface area (Å²) >= 11 is 0. The summed E-state index contributed by atoms with van der Waals surface area (Å²) in [5.41, 5.74) is 0. The van der Waals surface area contributed by atoms with Crippen molar-refractivity contribution >= 4 is 37.4 Å². The summed E-state index contributed by atoms with van der Waals surface area (Å²) in [4.78, 5) is 13.5. The topological polar surface area (TPSA) is 38.3 Å². The highest BCUT2D eigenvalue weighted by molar-refractivity contribution is 7.95. The van der Waals surface area contributed by atoms with E-state index < -0.39 is 15.6 Å². The fraction of sp³-hybridized carbons (Fsp3) is 0.424. The zero-order valence-corrected chi connectivity index (χ0v) is 26.3. The van der Waals surface area contributed by atoms with E-state index in [0.29, 0.717) is 6.54 Å². The van der Waals surface area contributed by atoms with E-state index in [1.807, 2.05) is 6.92 Å². The lowest BCUT2D eigenvalue weighted by Crippen LogP contribution is -2.48. The molecular weight excluding hydrogens is 501 g/mol. The Bertz CT molecular complexity index is 1030. The van der Waals surface area contributed by atoms with Crippen LogP contribution in [-0.4, -0.2) is 33.0 Å². The van der Waals surface area contributed by atoms with Crippen molar-refractivity contribution in [1.82, 2.24) is 5.32 Å². The Labute approximate surface area is 232 Å². The molecule has 5 heteroatoms. The van der Waals surface area contributed by atoms with E-state index in [1.54, 1.807) is 0 Å². The maximum atomic E-state index is 13.5. The molecule has 0 aliphatic rings. The Morgan fingerprint density at radius 2 is 1.26 bits per heavy atom. The summed E-state index contributed by atoms with van der Waals surface area (Å²) in [6.45, 7) is 16.2. The van der Waals surface area contributed by atoms with Crippen molar-refractivity contribution < 1.29 is 9.22 Å². The summed E-state index contributed by atoms with van der Waals surface area (Å²) in [6.07, 6.45) is 2.71. The highest BCUT2D eigenvalue weighted by Crippen LogP contribution is 2.54. The second-order valence-electron chi connectivity index (χ2n) is 11.8. The van der Waals surface area contributed by atoms with Crippen LogP contribution < -0.4 is 21.2 Å². The van der Waals surface area contributed by atoms with Crippen molar-refractivity contribution in [2.75, 3.05) is 12.7 Å². The molecule has 0 aliphatic heterocycles. The second kappa shape index (κ2) is 13.2. The van der Waals surface area contributed by atoms with Crippen molar-refractivity contribution in [3.05, 3.63) is 91.0 Å². The largest absolute Gasteiger partial charge is 0.413 e. The van der Waals surface area contributed by atoms with Crippen LogP contribution in [0, 0.1) is 5.92 Å². The minimum absolute atomic E-state index is 0.0576. The van der Waals surface area contributed by atoms with E-state index in [4.69, 9.17) is 4.43 Å². The van der Waals surface area contributed by atoms with Crippen LogP contribution in [0.1, 0.15) is 47.5 Å². The Kier molecular flexibility index (Phi) is 10.5. The molecule has 0 saturated carbocycles. The SMILES string of the molecule is CCC[C@H](O[Si](C)(C)C(C)(C)C)[C@@H](C)C(=O)NCC[P+](c1ccccc1)(c1ccccc1)c1ccccc1. The van der Waals surface area contributed by atoms with E-state index in [2.05, 4.69) is 137 Å². The molecule has 1 amide bonds. The molecule has 0 fully saturated rings. The maximum Gasteiger partial charge on any atom is 0.225 e. The van der Waals surface area contributed by atoms with E-state index >= 15 is 0 Å². The van der Waals surface area contributed by atoms with E-state index in [1.165, 1.54) is 15.9 Å². The third kappa shape index (κ3) is 7.03. The number of nitrogens with one attached hydrogen (secondary N) is 1. The van der Waals surface area contributed by atoms with Crippen LogP contribution in [0.25, 0.3) is 0 Å². The van der Waals surface area contributed by atoms with E-state index in [-0.39, 0.29) is 23.0 Å². The molecule has 0 unspecified atom stereocenters. The second-order valence-corrected chi connectivity index (χ2v) is 20.2. The van der Waals surface area contributed by atoms with Gasteiger partial charge < -0.3 is 9.74 Å². The third-order valence-corrected chi connectivity index (χ3v) is 17.1. The molecule has 0 heterocycles. The zero-order chi connectivity index (χ0) is 27.8. The van der Waals surface area contributed by atoms with E-state index in [0.717, 1.165) is 19.0 Å². The first-order chi connectivity index (χ1) is 18.0. The van der Waals surface area contributed by atoms with E-state index in [9.17, 15) is 4.79 Å². The molecule has 3 aromatic rings. The van der Waals surface area contributed by atoms with Gasteiger partial charge in [0.15, 0.2) is 8.32 Å². The van der Waals surface area contributed by atoms with Gasteiger partial charge in [-0.15, -0.1) is 0 Å². The summed E-state index contributed by atoms with van der Waals surface area (Å²) in [5, 5.41) is 7.46. The van der Waals surface area contributed by atoms with Gasteiger partial charge in [-0.25, -0.2) is 0 Å². The van der Waals surface area contributed by atoms with Crippen molar-refractivity contribution in [2.45, 2.75) is 71.7 Å². The molecule has 3 rings (SSSR count). The molecule has 0 bridgehead atoms. The zero-order valence-electron chi connectivity index (χ0n) is 24.4. The Hall–Kier alpha value is -2.26. The summed E-state index contributed by atoms with van der Waals surface area (Å²) in [7, 11) is -3.95. The molecule has 0 aromatic heterocycles.